The van der Waals surface area contributed by atoms with E-state index in [9.17, 15) is 9.90 Å². The fourth-order valence-electron chi connectivity index (χ4n) is 2.26. The van der Waals surface area contributed by atoms with Crippen LogP contribution in [-0.4, -0.2) is 38.6 Å². The van der Waals surface area contributed by atoms with Crippen LogP contribution in [0.4, 0.5) is 5.82 Å². The van der Waals surface area contributed by atoms with Crippen LogP contribution < -0.4 is 11.4 Å². The summed E-state index contributed by atoms with van der Waals surface area (Å²) >= 11 is 0. The Labute approximate surface area is 128 Å². The van der Waals surface area contributed by atoms with Crippen LogP contribution in [0.2, 0.25) is 0 Å². The lowest BCUT2D eigenvalue weighted by molar-refractivity contribution is -0.0458. The van der Waals surface area contributed by atoms with Gasteiger partial charge in [-0.2, -0.15) is 4.98 Å². The lowest BCUT2D eigenvalue weighted by Crippen LogP contribution is -2.28. The number of aliphatic hydroxyl groups is 2. The molecule has 0 saturated carbocycles. The molecule has 0 radical (unpaired) electrons. The molecule has 1 unspecified atom stereocenters. The van der Waals surface area contributed by atoms with Crippen molar-refractivity contribution in [3.05, 3.63) is 22.2 Å². The summed E-state index contributed by atoms with van der Waals surface area (Å²) in [5, 5.41) is 18.9. The zero-order valence-electron chi connectivity index (χ0n) is 12.5. The number of ether oxygens (including phenoxy) is 1. The number of nitrogens with two attached hydrogens (primary N) is 1. The van der Waals surface area contributed by atoms with E-state index < -0.39 is 24.1 Å². The molecule has 2 heterocycles. The molecule has 1 fully saturated rings. The first kappa shape index (κ1) is 16.5. The summed E-state index contributed by atoms with van der Waals surface area (Å²) in [6, 6.07) is 0. The monoisotopic (exact) mass is 307 g/mol. The van der Waals surface area contributed by atoms with Crippen LogP contribution in [0.3, 0.4) is 0 Å². The molecule has 1 saturated heterocycles. The van der Waals surface area contributed by atoms with Crippen molar-refractivity contribution in [2.45, 2.75) is 51.0 Å². The quantitative estimate of drug-likeness (QED) is 0.534. The first-order chi connectivity index (χ1) is 10.6. The molecule has 7 nitrogen and oxygen atoms in total. The minimum absolute atomic E-state index is 0.0857. The predicted molar refractivity (Wildman–Crippen MR) is 80.9 cm³/mol. The molecule has 1 aliphatic heterocycles. The normalized spacial score (nSPS) is 24.0. The van der Waals surface area contributed by atoms with E-state index in [0.29, 0.717) is 5.56 Å². The number of aromatic nitrogens is 2. The van der Waals surface area contributed by atoms with Crippen LogP contribution in [0.1, 0.15) is 44.4 Å². The maximum Gasteiger partial charge on any atom is 0.351 e. The average molecular weight is 307 g/mol. The van der Waals surface area contributed by atoms with Crippen molar-refractivity contribution in [3.8, 4) is 11.8 Å². The molecule has 3 atom stereocenters. The summed E-state index contributed by atoms with van der Waals surface area (Å²) in [6.45, 7) is 1.77. The van der Waals surface area contributed by atoms with Crippen molar-refractivity contribution in [3.63, 3.8) is 0 Å². The summed E-state index contributed by atoms with van der Waals surface area (Å²) in [6.07, 6.45) is 2.31. The van der Waals surface area contributed by atoms with Gasteiger partial charge in [-0.15, -0.1) is 0 Å². The molecular weight excluding hydrogens is 286 g/mol. The van der Waals surface area contributed by atoms with Gasteiger partial charge in [0.1, 0.15) is 18.1 Å². The Morgan fingerprint density at radius 2 is 2.36 bits per heavy atom. The minimum atomic E-state index is -0.821. The largest absolute Gasteiger partial charge is 0.394 e. The molecule has 0 bridgehead atoms. The number of aliphatic hydroxyl groups excluding tert-OH is 2. The molecule has 1 aromatic heterocycles. The SMILES string of the molecule is CCCCC#Cc1cn([C@H]2CC(O)[C@@H](CO)O2)c(=O)nc1N. The van der Waals surface area contributed by atoms with Crippen molar-refractivity contribution >= 4 is 5.82 Å². The van der Waals surface area contributed by atoms with Gasteiger partial charge in [-0.25, -0.2) is 4.79 Å². The van der Waals surface area contributed by atoms with Crippen LogP contribution in [0.5, 0.6) is 0 Å². The van der Waals surface area contributed by atoms with E-state index in [2.05, 4.69) is 23.7 Å². The summed E-state index contributed by atoms with van der Waals surface area (Å²) < 4.78 is 6.72. The van der Waals surface area contributed by atoms with Crippen LogP contribution >= 0.6 is 0 Å². The second kappa shape index (κ2) is 7.40. The maximum absolute atomic E-state index is 12.0. The van der Waals surface area contributed by atoms with Crippen LogP contribution in [0, 0.1) is 11.8 Å². The number of unbranched alkanes of at least 4 members (excludes halogenated alkanes) is 2. The van der Waals surface area contributed by atoms with E-state index in [1.54, 1.807) is 0 Å². The standard InChI is InChI=1S/C15H21N3O4/c1-2-3-4-5-6-10-8-18(15(21)17-14(10)16)13-7-11(20)12(9-19)22-13/h8,11-13,19-20H,2-4,7,9H2,1H3,(H2,16,17,21)/t11?,12-,13-/m1/s1. The highest BCUT2D eigenvalue weighted by Gasteiger charge is 2.35. The highest BCUT2D eigenvalue weighted by atomic mass is 16.5. The summed E-state index contributed by atoms with van der Waals surface area (Å²) in [7, 11) is 0. The highest BCUT2D eigenvalue weighted by molar-refractivity contribution is 5.48. The highest BCUT2D eigenvalue weighted by Crippen LogP contribution is 2.27. The Morgan fingerprint density at radius 1 is 1.59 bits per heavy atom. The molecule has 0 spiro atoms. The number of hydrogen-bond donors (Lipinski definition) is 3. The molecule has 1 aromatic rings. The lowest BCUT2D eigenvalue weighted by Gasteiger charge is -2.14. The molecule has 2 rings (SSSR count). The number of nitrogen functional groups attached to an aromatic ring is 1. The molecule has 4 N–H and O–H groups in total. The van der Waals surface area contributed by atoms with Gasteiger partial charge >= 0.3 is 5.69 Å². The molecule has 1 aliphatic rings. The molecule has 0 aliphatic carbocycles. The molecule has 22 heavy (non-hydrogen) atoms. The van der Waals surface area contributed by atoms with E-state index in [-0.39, 0.29) is 18.8 Å². The van der Waals surface area contributed by atoms with Gasteiger partial charge in [0.2, 0.25) is 0 Å². The predicted octanol–water partition coefficient (Wildman–Crippen LogP) is 0.00790. The van der Waals surface area contributed by atoms with Gasteiger partial charge in [0, 0.05) is 19.0 Å². The summed E-state index contributed by atoms with van der Waals surface area (Å²) in [5.74, 6) is 5.99. The van der Waals surface area contributed by atoms with E-state index >= 15 is 0 Å². The van der Waals surface area contributed by atoms with Crippen LogP contribution in [0.25, 0.3) is 0 Å². The molecule has 0 amide bonds. The van der Waals surface area contributed by atoms with Crippen molar-refractivity contribution in [2.24, 2.45) is 0 Å². The Hall–Kier alpha value is -1.88. The molecule has 0 aromatic carbocycles. The number of rotatable bonds is 4. The van der Waals surface area contributed by atoms with E-state index in [4.69, 9.17) is 15.6 Å². The van der Waals surface area contributed by atoms with E-state index in [1.165, 1.54) is 10.8 Å². The third-order valence-corrected chi connectivity index (χ3v) is 3.55. The number of nitrogens with zero attached hydrogens (tertiary/aromatic N) is 2. The number of hydrogen-bond acceptors (Lipinski definition) is 6. The zero-order valence-corrected chi connectivity index (χ0v) is 12.5. The Balaban J connectivity index is 2.25. The molecular formula is C15H21N3O4. The van der Waals surface area contributed by atoms with Gasteiger partial charge in [-0.05, 0) is 6.42 Å². The Morgan fingerprint density at radius 3 is 3.00 bits per heavy atom. The van der Waals surface area contributed by atoms with Gasteiger partial charge in [-0.3, -0.25) is 4.57 Å². The third kappa shape index (κ3) is 3.65. The second-order valence-electron chi connectivity index (χ2n) is 5.25. The second-order valence-corrected chi connectivity index (χ2v) is 5.25. The average Bonchev–Trinajstić information content (AvgIpc) is 2.86. The van der Waals surface area contributed by atoms with Gasteiger partial charge in [0.05, 0.1) is 18.3 Å². The molecule has 120 valence electrons. The van der Waals surface area contributed by atoms with E-state index in [1.807, 2.05) is 0 Å². The Bertz CT molecular complexity index is 632. The first-order valence-corrected chi connectivity index (χ1v) is 7.38. The smallest absolute Gasteiger partial charge is 0.351 e. The maximum atomic E-state index is 12.0. The fraction of sp³-hybridized carbons (Fsp3) is 0.600. The molecule has 7 heteroatoms. The van der Waals surface area contributed by atoms with Crippen molar-refractivity contribution in [1.82, 2.24) is 9.55 Å². The van der Waals surface area contributed by atoms with Crippen LogP contribution in [-0.2, 0) is 4.74 Å². The topological polar surface area (TPSA) is 111 Å². The zero-order chi connectivity index (χ0) is 16.1. The van der Waals surface area contributed by atoms with Crippen LogP contribution in [0.15, 0.2) is 11.0 Å². The van der Waals surface area contributed by atoms with Crippen molar-refractivity contribution in [1.29, 1.82) is 0 Å². The van der Waals surface area contributed by atoms with Crippen molar-refractivity contribution in [2.75, 3.05) is 12.3 Å². The Kier molecular flexibility index (Phi) is 5.55. The number of anilines is 1. The van der Waals surface area contributed by atoms with Gasteiger partial charge in [0.25, 0.3) is 0 Å². The first-order valence-electron chi connectivity index (χ1n) is 7.38. The van der Waals surface area contributed by atoms with Gasteiger partial charge in [0.15, 0.2) is 0 Å². The van der Waals surface area contributed by atoms with Crippen molar-refractivity contribution < 1.29 is 14.9 Å². The van der Waals surface area contributed by atoms with Gasteiger partial charge < -0.3 is 20.7 Å². The van der Waals surface area contributed by atoms with Gasteiger partial charge in [-0.1, -0.05) is 25.2 Å². The third-order valence-electron chi connectivity index (χ3n) is 3.55. The minimum Gasteiger partial charge on any atom is -0.394 e. The summed E-state index contributed by atoms with van der Waals surface area (Å²) in [5.41, 5.74) is 5.62. The fourth-order valence-corrected chi connectivity index (χ4v) is 2.26. The summed E-state index contributed by atoms with van der Waals surface area (Å²) in [4.78, 5) is 15.7. The lowest BCUT2D eigenvalue weighted by atomic mass is 10.2. The van der Waals surface area contributed by atoms with E-state index in [0.717, 1.165) is 19.3 Å².